The number of carbonyl (C=O) groups excluding carboxylic acids is 1. The van der Waals surface area contributed by atoms with Crippen molar-refractivity contribution in [3.63, 3.8) is 0 Å². The number of benzene rings is 1. The second kappa shape index (κ2) is 13.2. The molecule has 0 unspecified atom stereocenters. The van der Waals surface area contributed by atoms with Gasteiger partial charge in [-0.3, -0.25) is 4.79 Å². The first-order valence-electron chi connectivity index (χ1n) is 6.45. The lowest BCUT2D eigenvalue weighted by Gasteiger charge is -1.98. The van der Waals surface area contributed by atoms with Gasteiger partial charge in [0.1, 0.15) is 0 Å². The van der Waals surface area contributed by atoms with Crippen LogP contribution >= 0.6 is 0 Å². The minimum Gasteiger partial charge on any atom is -0.504 e. The van der Waals surface area contributed by atoms with Crippen LogP contribution in [0.3, 0.4) is 0 Å². The fourth-order valence-corrected chi connectivity index (χ4v) is 0.899. The number of phenols is 2. The summed E-state index contributed by atoms with van der Waals surface area (Å²) >= 11 is 0. The van der Waals surface area contributed by atoms with Crippen molar-refractivity contribution in [1.82, 2.24) is 5.32 Å². The number of rotatable bonds is 2. The Bertz CT molecular complexity index is 426. The molecule has 112 valence electrons. The predicted octanol–water partition coefficient (Wildman–Crippen LogP) is 3.47. The highest BCUT2D eigenvalue weighted by atomic mass is 16.3. The van der Waals surface area contributed by atoms with Gasteiger partial charge in [-0.1, -0.05) is 32.4 Å². The van der Waals surface area contributed by atoms with Crippen LogP contribution in [-0.2, 0) is 4.79 Å². The van der Waals surface area contributed by atoms with E-state index < -0.39 is 0 Å². The summed E-state index contributed by atoms with van der Waals surface area (Å²) in [5.74, 6) is -0.608. The molecule has 0 bridgehead atoms. The number of hydrogen-bond donors (Lipinski definition) is 3. The van der Waals surface area contributed by atoms with Crippen LogP contribution in [-0.4, -0.2) is 23.2 Å². The lowest BCUT2D eigenvalue weighted by molar-refractivity contribution is -0.115. The summed E-state index contributed by atoms with van der Waals surface area (Å²) < 4.78 is 0. The van der Waals surface area contributed by atoms with E-state index in [0.29, 0.717) is 5.56 Å². The molecule has 0 aromatic heterocycles. The van der Waals surface area contributed by atoms with Crippen LogP contribution in [0.1, 0.15) is 32.8 Å². The summed E-state index contributed by atoms with van der Waals surface area (Å²) in [6.07, 6.45) is 5.88. The van der Waals surface area contributed by atoms with Crippen molar-refractivity contribution >= 4 is 12.0 Å². The summed E-state index contributed by atoms with van der Waals surface area (Å²) in [6.45, 7) is 9.50. The zero-order chi connectivity index (χ0) is 16.0. The topological polar surface area (TPSA) is 69.6 Å². The van der Waals surface area contributed by atoms with Gasteiger partial charge in [0.15, 0.2) is 11.5 Å². The minimum absolute atomic E-state index is 0.179. The molecule has 0 saturated carbocycles. The number of aromatic hydroxyl groups is 2. The van der Waals surface area contributed by atoms with E-state index in [0.717, 1.165) is 0 Å². The fraction of sp³-hybridized carbons (Fsp3) is 0.312. The van der Waals surface area contributed by atoms with Crippen molar-refractivity contribution in [1.29, 1.82) is 0 Å². The highest BCUT2D eigenvalue weighted by molar-refractivity contribution is 5.91. The molecule has 4 nitrogen and oxygen atoms in total. The Morgan fingerprint density at radius 3 is 2.20 bits per heavy atom. The molecule has 0 radical (unpaired) electrons. The standard InChI is InChI=1S/C10H11NO3.C3H8.C3H6/c1-11-10(14)5-3-7-2-4-8(12)9(13)6-7;2*1-3-2/h2-6,12-13H,1H3,(H,11,14);3H2,1-2H3;3H,1H2,2H3/b5-3+;;. The van der Waals surface area contributed by atoms with Crippen LogP contribution in [0.15, 0.2) is 36.9 Å². The van der Waals surface area contributed by atoms with Crippen molar-refractivity contribution in [2.75, 3.05) is 7.05 Å². The Balaban J connectivity index is 0. The average Bonchev–Trinajstić information content (AvgIpc) is 2.41. The molecule has 0 aliphatic carbocycles. The molecule has 0 aliphatic rings. The Morgan fingerprint density at radius 1 is 1.30 bits per heavy atom. The molecule has 1 aromatic rings. The van der Waals surface area contributed by atoms with Crippen LogP contribution in [0.2, 0.25) is 0 Å². The van der Waals surface area contributed by atoms with E-state index in [2.05, 4.69) is 25.7 Å². The minimum atomic E-state index is -0.224. The molecule has 1 rings (SSSR count). The molecule has 4 heteroatoms. The average molecular weight is 279 g/mol. The molecule has 1 aromatic carbocycles. The number of allylic oxidation sites excluding steroid dienone is 1. The van der Waals surface area contributed by atoms with Gasteiger partial charge in [-0.15, -0.1) is 6.58 Å². The summed E-state index contributed by atoms with van der Waals surface area (Å²) in [5.41, 5.74) is 0.643. The monoisotopic (exact) mass is 279 g/mol. The zero-order valence-electron chi connectivity index (χ0n) is 12.7. The number of carbonyl (C=O) groups is 1. The predicted molar refractivity (Wildman–Crippen MR) is 84.7 cm³/mol. The largest absolute Gasteiger partial charge is 0.504 e. The van der Waals surface area contributed by atoms with E-state index in [1.54, 1.807) is 12.1 Å². The van der Waals surface area contributed by atoms with Gasteiger partial charge in [0.2, 0.25) is 5.91 Å². The number of hydrogen-bond acceptors (Lipinski definition) is 3. The molecule has 20 heavy (non-hydrogen) atoms. The quantitative estimate of drug-likeness (QED) is 0.441. The Kier molecular flexibility index (Phi) is 13.3. The van der Waals surface area contributed by atoms with Gasteiger partial charge < -0.3 is 15.5 Å². The Hall–Kier alpha value is -2.23. The molecule has 0 fully saturated rings. The second-order valence-corrected chi connectivity index (χ2v) is 3.81. The van der Waals surface area contributed by atoms with Crippen LogP contribution in [0.25, 0.3) is 6.08 Å². The molecule has 0 aliphatic heterocycles. The molecule has 3 N–H and O–H groups in total. The van der Waals surface area contributed by atoms with Gasteiger partial charge in [-0.2, -0.15) is 0 Å². The highest BCUT2D eigenvalue weighted by Gasteiger charge is 1.98. The van der Waals surface area contributed by atoms with E-state index in [9.17, 15) is 4.79 Å². The maximum Gasteiger partial charge on any atom is 0.243 e. The van der Waals surface area contributed by atoms with Crippen LogP contribution in [0, 0.1) is 0 Å². The molecular weight excluding hydrogens is 254 g/mol. The lowest BCUT2D eigenvalue weighted by atomic mass is 10.2. The Labute approximate surface area is 121 Å². The fourth-order valence-electron chi connectivity index (χ4n) is 0.899. The first-order valence-corrected chi connectivity index (χ1v) is 6.45. The van der Waals surface area contributed by atoms with E-state index in [4.69, 9.17) is 10.2 Å². The smallest absolute Gasteiger partial charge is 0.243 e. The summed E-state index contributed by atoms with van der Waals surface area (Å²) in [7, 11) is 1.53. The van der Waals surface area contributed by atoms with Crippen molar-refractivity contribution in [3.8, 4) is 11.5 Å². The third-order valence-corrected chi connectivity index (χ3v) is 1.67. The third-order valence-electron chi connectivity index (χ3n) is 1.67. The molecule has 0 spiro atoms. The summed E-state index contributed by atoms with van der Waals surface area (Å²) in [4.78, 5) is 10.8. The first-order chi connectivity index (χ1) is 9.46. The van der Waals surface area contributed by atoms with Crippen molar-refractivity contribution in [2.45, 2.75) is 27.2 Å². The van der Waals surface area contributed by atoms with Gasteiger partial charge in [-0.25, -0.2) is 0 Å². The molecule has 0 heterocycles. The molecular formula is C16H25NO3. The van der Waals surface area contributed by atoms with Gasteiger partial charge in [0, 0.05) is 13.1 Å². The number of phenolic OH excluding ortho intramolecular Hbond substituents is 2. The number of nitrogens with one attached hydrogen (secondary N) is 1. The highest BCUT2D eigenvalue weighted by Crippen LogP contribution is 2.25. The lowest BCUT2D eigenvalue weighted by Crippen LogP contribution is -2.13. The second-order valence-electron chi connectivity index (χ2n) is 3.81. The van der Waals surface area contributed by atoms with Gasteiger partial charge in [-0.05, 0) is 30.7 Å². The van der Waals surface area contributed by atoms with Crippen LogP contribution in [0.5, 0.6) is 11.5 Å². The van der Waals surface area contributed by atoms with E-state index in [1.165, 1.54) is 37.8 Å². The third kappa shape index (κ3) is 10.9. The number of amides is 1. The first kappa shape index (κ1) is 20.1. The molecule has 0 saturated heterocycles. The molecule has 0 atom stereocenters. The van der Waals surface area contributed by atoms with Gasteiger partial charge >= 0.3 is 0 Å². The maximum atomic E-state index is 10.8. The zero-order valence-corrected chi connectivity index (χ0v) is 12.7. The van der Waals surface area contributed by atoms with Gasteiger partial charge in [0.25, 0.3) is 0 Å². The molecule has 1 amide bonds. The van der Waals surface area contributed by atoms with Crippen molar-refractivity contribution in [3.05, 3.63) is 42.5 Å². The number of likely N-dealkylation sites (N-methyl/N-ethyl adjacent to an activating group) is 1. The summed E-state index contributed by atoms with van der Waals surface area (Å²) in [6, 6.07) is 4.32. The van der Waals surface area contributed by atoms with Crippen LogP contribution in [0.4, 0.5) is 0 Å². The van der Waals surface area contributed by atoms with E-state index in [1.807, 2.05) is 6.92 Å². The summed E-state index contributed by atoms with van der Waals surface area (Å²) in [5, 5.41) is 20.6. The maximum absolute atomic E-state index is 10.8. The van der Waals surface area contributed by atoms with E-state index in [-0.39, 0.29) is 17.4 Å². The van der Waals surface area contributed by atoms with Gasteiger partial charge in [0.05, 0.1) is 0 Å². The SMILES string of the molecule is C=CC.CCC.CNC(=O)/C=C/c1ccc(O)c(O)c1. The van der Waals surface area contributed by atoms with Crippen molar-refractivity contribution in [2.24, 2.45) is 0 Å². The Morgan fingerprint density at radius 2 is 1.80 bits per heavy atom. The van der Waals surface area contributed by atoms with Crippen molar-refractivity contribution < 1.29 is 15.0 Å². The normalized spacial score (nSPS) is 8.80. The van der Waals surface area contributed by atoms with E-state index >= 15 is 0 Å². The van der Waals surface area contributed by atoms with Crippen LogP contribution < -0.4 is 5.32 Å².